The highest BCUT2D eigenvalue weighted by Gasteiger charge is 2.13. The average molecular weight is 316 g/mol. The molecule has 1 aliphatic rings. The van der Waals surface area contributed by atoms with Gasteiger partial charge in [-0.3, -0.25) is 4.79 Å². The second kappa shape index (κ2) is 6.70. The van der Waals surface area contributed by atoms with Crippen LogP contribution in [0.1, 0.15) is 15.9 Å². The van der Waals surface area contributed by atoms with Crippen molar-refractivity contribution >= 4 is 17.7 Å². The van der Waals surface area contributed by atoms with Crippen LogP contribution in [-0.2, 0) is 6.42 Å². The van der Waals surface area contributed by atoms with Gasteiger partial charge in [-0.15, -0.1) is 11.8 Å². The second-order valence-electron chi connectivity index (χ2n) is 4.78. The molecular weight excluding hydrogens is 300 g/mol. The number of thioether (sulfide) groups is 1. The van der Waals surface area contributed by atoms with Gasteiger partial charge in [0.15, 0.2) is 11.5 Å². The summed E-state index contributed by atoms with van der Waals surface area (Å²) in [6.45, 7) is 0.838. The lowest BCUT2D eigenvalue weighted by atomic mass is 10.1. The molecule has 1 aromatic heterocycles. The fraction of sp³-hybridized carbons (Fsp3) is 0.250. The zero-order valence-electron chi connectivity index (χ0n) is 12.2. The third kappa shape index (κ3) is 3.33. The van der Waals surface area contributed by atoms with E-state index >= 15 is 0 Å². The van der Waals surface area contributed by atoms with Gasteiger partial charge in [0.2, 0.25) is 6.79 Å². The van der Waals surface area contributed by atoms with Gasteiger partial charge in [0.1, 0.15) is 0 Å². The van der Waals surface area contributed by atoms with Crippen LogP contribution in [0.4, 0.5) is 0 Å². The SMILES string of the molecule is CSc1cc(C(=O)NCCc2ccc3c(c2)OCO3)ccn1. The number of amides is 1. The third-order valence-electron chi connectivity index (χ3n) is 3.34. The van der Waals surface area contributed by atoms with Gasteiger partial charge in [-0.2, -0.15) is 0 Å². The second-order valence-corrected chi connectivity index (χ2v) is 5.61. The number of pyridine rings is 1. The van der Waals surface area contributed by atoms with E-state index < -0.39 is 0 Å². The fourth-order valence-corrected chi connectivity index (χ4v) is 2.59. The van der Waals surface area contributed by atoms with E-state index in [0.717, 1.165) is 28.5 Å². The molecule has 0 saturated heterocycles. The number of ether oxygens (including phenoxy) is 2. The van der Waals surface area contributed by atoms with Crippen molar-refractivity contribution in [2.45, 2.75) is 11.4 Å². The molecule has 0 spiro atoms. The summed E-state index contributed by atoms with van der Waals surface area (Å²) in [6.07, 6.45) is 4.32. The van der Waals surface area contributed by atoms with Crippen molar-refractivity contribution < 1.29 is 14.3 Å². The topological polar surface area (TPSA) is 60.5 Å². The molecule has 5 nitrogen and oxygen atoms in total. The number of nitrogens with one attached hydrogen (secondary N) is 1. The number of carbonyl (C=O) groups is 1. The molecule has 0 aliphatic carbocycles. The Labute approximate surface area is 133 Å². The Kier molecular flexibility index (Phi) is 4.48. The molecule has 0 saturated carbocycles. The average Bonchev–Trinajstić information content (AvgIpc) is 3.02. The van der Waals surface area contributed by atoms with Crippen LogP contribution in [0, 0.1) is 0 Å². The minimum Gasteiger partial charge on any atom is -0.454 e. The summed E-state index contributed by atoms with van der Waals surface area (Å²) in [6, 6.07) is 9.34. The Morgan fingerprint density at radius 3 is 3.00 bits per heavy atom. The van der Waals surface area contributed by atoms with Gasteiger partial charge in [0, 0.05) is 18.3 Å². The lowest BCUT2D eigenvalue weighted by Gasteiger charge is -2.07. The molecule has 0 radical (unpaired) electrons. The molecule has 0 atom stereocenters. The number of hydrogen-bond donors (Lipinski definition) is 1. The predicted octanol–water partition coefficient (Wildman–Crippen LogP) is 2.50. The molecule has 1 N–H and O–H groups in total. The Balaban J connectivity index is 1.55. The lowest BCUT2D eigenvalue weighted by Crippen LogP contribution is -2.25. The monoisotopic (exact) mass is 316 g/mol. The van der Waals surface area contributed by atoms with E-state index in [4.69, 9.17) is 9.47 Å². The molecule has 1 aromatic carbocycles. The van der Waals surface area contributed by atoms with Crippen LogP contribution in [0.15, 0.2) is 41.6 Å². The zero-order chi connectivity index (χ0) is 15.4. The highest BCUT2D eigenvalue weighted by Crippen LogP contribution is 2.32. The first-order chi connectivity index (χ1) is 10.8. The van der Waals surface area contributed by atoms with Crippen molar-refractivity contribution in [1.29, 1.82) is 0 Å². The molecule has 22 heavy (non-hydrogen) atoms. The summed E-state index contributed by atoms with van der Waals surface area (Å²) < 4.78 is 10.6. The predicted molar refractivity (Wildman–Crippen MR) is 84.6 cm³/mol. The van der Waals surface area contributed by atoms with Gasteiger partial charge in [0.05, 0.1) is 5.03 Å². The Bertz CT molecular complexity index is 691. The molecule has 114 valence electrons. The van der Waals surface area contributed by atoms with Crippen molar-refractivity contribution in [3.63, 3.8) is 0 Å². The van der Waals surface area contributed by atoms with E-state index in [1.807, 2.05) is 24.5 Å². The maximum absolute atomic E-state index is 12.1. The first-order valence-electron chi connectivity index (χ1n) is 6.93. The summed E-state index contributed by atoms with van der Waals surface area (Å²) in [7, 11) is 0. The zero-order valence-corrected chi connectivity index (χ0v) is 13.0. The summed E-state index contributed by atoms with van der Waals surface area (Å²) in [4.78, 5) is 16.3. The van der Waals surface area contributed by atoms with Crippen molar-refractivity contribution in [2.75, 3.05) is 19.6 Å². The highest BCUT2D eigenvalue weighted by atomic mass is 32.2. The van der Waals surface area contributed by atoms with Crippen LogP contribution in [0.3, 0.4) is 0 Å². The Hall–Kier alpha value is -2.21. The molecule has 6 heteroatoms. The highest BCUT2D eigenvalue weighted by molar-refractivity contribution is 7.98. The standard InChI is InChI=1S/C16H16N2O3S/c1-22-15-9-12(5-7-17-15)16(19)18-6-4-11-2-3-13-14(8-11)21-10-20-13/h2-3,5,7-9H,4,6,10H2,1H3,(H,18,19). The smallest absolute Gasteiger partial charge is 0.251 e. The van der Waals surface area contributed by atoms with Gasteiger partial charge >= 0.3 is 0 Å². The number of hydrogen-bond acceptors (Lipinski definition) is 5. The first kappa shape index (κ1) is 14.7. The lowest BCUT2D eigenvalue weighted by molar-refractivity contribution is 0.0953. The number of aromatic nitrogens is 1. The minimum absolute atomic E-state index is 0.0848. The Morgan fingerprint density at radius 2 is 2.14 bits per heavy atom. The number of fused-ring (bicyclic) bond motifs is 1. The van der Waals surface area contributed by atoms with E-state index in [-0.39, 0.29) is 12.7 Å². The van der Waals surface area contributed by atoms with Crippen LogP contribution in [0.5, 0.6) is 11.5 Å². The fourth-order valence-electron chi connectivity index (χ4n) is 2.18. The molecule has 1 amide bonds. The van der Waals surface area contributed by atoms with Crippen LogP contribution in [-0.4, -0.2) is 30.5 Å². The largest absolute Gasteiger partial charge is 0.454 e. The summed E-state index contributed by atoms with van der Waals surface area (Å²) >= 11 is 1.52. The number of nitrogens with zero attached hydrogens (tertiary/aromatic N) is 1. The number of rotatable bonds is 5. The van der Waals surface area contributed by atoms with E-state index in [1.54, 1.807) is 18.3 Å². The van der Waals surface area contributed by atoms with Crippen molar-refractivity contribution in [2.24, 2.45) is 0 Å². The molecule has 0 fully saturated rings. The van der Waals surface area contributed by atoms with Crippen LogP contribution < -0.4 is 14.8 Å². The van der Waals surface area contributed by atoms with Crippen LogP contribution in [0.25, 0.3) is 0 Å². The van der Waals surface area contributed by atoms with Crippen molar-refractivity contribution in [3.05, 3.63) is 47.7 Å². The number of carbonyl (C=O) groups excluding carboxylic acids is 1. The van der Waals surface area contributed by atoms with Crippen molar-refractivity contribution in [1.82, 2.24) is 10.3 Å². The third-order valence-corrected chi connectivity index (χ3v) is 3.98. The molecular formula is C16H16N2O3S. The summed E-state index contributed by atoms with van der Waals surface area (Å²) in [5, 5.41) is 3.75. The molecule has 3 rings (SSSR count). The molecule has 2 heterocycles. The molecule has 1 aliphatic heterocycles. The van der Waals surface area contributed by atoms with Gasteiger partial charge in [-0.05, 0) is 42.5 Å². The molecule has 2 aromatic rings. The van der Waals surface area contributed by atoms with E-state index in [1.165, 1.54) is 11.8 Å². The van der Waals surface area contributed by atoms with Gasteiger partial charge in [-0.1, -0.05) is 6.07 Å². The normalized spacial score (nSPS) is 12.2. The first-order valence-corrected chi connectivity index (χ1v) is 8.15. The van der Waals surface area contributed by atoms with Gasteiger partial charge in [-0.25, -0.2) is 4.98 Å². The van der Waals surface area contributed by atoms with Gasteiger partial charge < -0.3 is 14.8 Å². The molecule has 0 bridgehead atoms. The van der Waals surface area contributed by atoms with Crippen LogP contribution in [0.2, 0.25) is 0 Å². The van der Waals surface area contributed by atoms with E-state index in [2.05, 4.69) is 10.3 Å². The minimum atomic E-state index is -0.0848. The summed E-state index contributed by atoms with van der Waals surface area (Å²) in [5.74, 6) is 1.45. The van der Waals surface area contributed by atoms with Crippen molar-refractivity contribution in [3.8, 4) is 11.5 Å². The maximum Gasteiger partial charge on any atom is 0.251 e. The van der Waals surface area contributed by atoms with Crippen LogP contribution >= 0.6 is 11.8 Å². The van der Waals surface area contributed by atoms with Gasteiger partial charge in [0.25, 0.3) is 5.91 Å². The number of benzene rings is 1. The molecule has 0 unspecified atom stereocenters. The quantitative estimate of drug-likeness (QED) is 0.859. The van der Waals surface area contributed by atoms with E-state index in [9.17, 15) is 4.79 Å². The van der Waals surface area contributed by atoms with E-state index in [0.29, 0.717) is 12.1 Å². The summed E-state index contributed by atoms with van der Waals surface area (Å²) in [5.41, 5.74) is 1.73. The maximum atomic E-state index is 12.1. The Morgan fingerprint density at radius 1 is 1.27 bits per heavy atom.